The molecule has 0 saturated carbocycles. The molecule has 0 fully saturated rings. The fraction of sp³-hybridized carbons (Fsp3) is 0. The van der Waals surface area contributed by atoms with Gasteiger partial charge in [-0.2, -0.15) is 0 Å². The van der Waals surface area contributed by atoms with Crippen molar-refractivity contribution in [3.63, 3.8) is 0 Å². The maximum absolute atomic E-state index is 5.90. The van der Waals surface area contributed by atoms with Crippen molar-refractivity contribution in [3.8, 4) is 0 Å². The summed E-state index contributed by atoms with van der Waals surface area (Å²) < 4.78 is 0. The van der Waals surface area contributed by atoms with E-state index in [0.717, 1.165) is 5.56 Å². The first-order valence-electron chi connectivity index (χ1n) is 5.11. The topological polar surface area (TPSA) is 38.4 Å². The lowest BCUT2D eigenvalue weighted by Gasteiger charge is -2.02. The van der Waals surface area contributed by atoms with E-state index >= 15 is 0 Å². The Morgan fingerprint density at radius 1 is 0.889 bits per heavy atom. The Labute approximate surface area is 120 Å². The summed E-state index contributed by atoms with van der Waals surface area (Å²) in [5, 5.41) is 1.59. The quantitative estimate of drug-likeness (QED) is 0.634. The Hall–Kier alpha value is -1.22. The summed E-state index contributed by atoms with van der Waals surface area (Å²) >= 11 is 17.5. The van der Waals surface area contributed by atoms with E-state index in [1.807, 2.05) is 0 Å². The first kappa shape index (κ1) is 13.2. The third-order valence-electron chi connectivity index (χ3n) is 2.29. The predicted molar refractivity (Wildman–Crippen MR) is 78.3 cm³/mol. The standard InChI is InChI=1S/C13H9Cl3N2/c14-9-3-1-8(2-4-9)13(17)18-10-5-6-11(15)12(16)7-10/h1-7H,(H2,17,18). The molecule has 0 radical (unpaired) electrons. The van der Waals surface area contributed by atoms with Crippen LogP contribution in [0.25, 0.3) is 0 Å². The number of amidine groups is 1. The Morgan fingerprint density at radius 3 is 2.17 bits per heavy atom. The summed E-state index contributed by atoms with van der Waals surface area (Å²) in [6, 6.07) is 12.2. The highest BCUT2D eigenvalue weighted by molar-refractivity contribution is 6.42. The number of rotatable bonds is 2. The zero-order valence-corrected chi connectivity index (χ0v) is 11.5. The van der Waals surface area contributed by atoms with Gasteiger partial charge in [-0.25, -0.2) is 4.99 Å². The van der Waals surface area contributed by atoms with Gasteiger partial charge in [-0.3, -0.25) is 0 Å². The molecule has 92 valence electrons. The first-order chi connectivity index (χ1) is 8.56. The average Bonchev–Trinajstić information content (AvgIpc) is 2.34. The molecule has 0 aliphatic heterocycles. The molecular formula is C13H9Cl3N2. The smallest absolute Gasteiger partial charge is 0.131 e. The molecule has 0 unspecified atom stereocenters. The Kier molecular flexibility index (Phi) is 4.12. The summed E-state index contributed by atoms with van der Waals surface area (Å²) in [5.41, 5.74) is 7.34. The van der Waals surface area contributed by atoms with Gasteiger partial charge in [0.1, 0.15) is 5.84 Å². The largest absolute Gasteiger partial charge is 0.383 e. The van der Waals surface area contributed by atoms with Crippen molar-refractivity contribution >= 4 is 46.3 Å². The van der Waals surface area contributed by atoms with Crippen molar-refractivity contribution in [1.29, 1.82) is 0 Å². The SMILES string of the molecule is NC(=Nc1ccc(Cl)c(Cl)c1)c1ccc(Cl)cc1. The molecule has 18 heavy (non-hydrogen) atoms. The summed E-state index contributed by atoms with van der Waals surface area (Å²) in [7, 11) is 0. The maximum Gasteiger partial charge on any atom is 0.131 e. The molecule has 0 amide bonds. The molecule has 0 heterocycles. The molecule has 2 rings (SSSR count). The minimum absolute atomic E-state index is 0.394. The second-order valence-corrected chi connectivity index (χ2v) is 4.85. The van der Waals surface area contributed by atoms with Crippen molar-refractivity contribution in [2.24, 2.45) is 10.7 Å². The predicted octanol–water partition coefficient (Wildman–Crippen LogP) is 4.68. The van der Waals surface area contributed by atoms with Gasteiger partial charge in [0.15, 0.2) is 0 Å². The van der Waals surface area contributed by atoms with Crippen LogP contribution >= 0.6 is 34.8 Å². The highest BCUT2D eigenvalue weighted by Gasteiger charge is 2.01. The van der Waals surface area contributed by atoms with E-state index in [0.29, 0.717) is 26.6 Å². The van der Waals surface area contributed by atoms with Gasteiger partial charge in [0.25, 0.3) is 0 Å². The van der Waals surface area contributed by atoms with Crippen LogP contribution in [0.2, 0.25) is 15.1 Å². The molecular weight excluding hydrogens is 291 g/mol. The molecule has 0 bridgehead atoms. The molecule has 0 aliphatic carbocycles. The normalized spacial score (nSPS) is 11.6. The Bertz CT molecular complexity index is 592. The van der Waals surface area contributed by atoms with Gasteiger partial charge in [0.05, 0.1) is 15.7 Å². The highest BCUT2D eigenvalue weighted by atomic mass is 35.5. The van der Waals surface area contributed by atoms with E-state index in [9.17, 15) is 0 Å². The molecule has 0 spiro atoms. The van der Waals surface area contributed by atoms with E-state index in [4.69, 9.17) is 40.5 Å². The van der Waals surface area contributed by atoms with Crippen LogP contribution in [-0.4, -0.2) is 5.84 Å². The van der Waals surface area contributed by atoms with Crippen molar-refractivity contribution < 1.29 is 0 Å². The third-order valence-corrected chi connectivity index (χ3v) is 3.28. The van der Waals surface area contributed by atoms with Crippen LogP contribution in [0.15, 0.2) is 47.5 Å². The fourth-order valence-electron chi connectivity index (χ4n) is 1.38. The zero-order valence-electron chi connectivity index (χ0n) is 9.20. The summed E-state index contributed by atoms with van der Waals surface area (Å²) in [4.78, 5) is 4.27. The van der Waals surface area contributed by atoms with Crippen LogP contribution < -0.4 is 5.73 Å². The van der Waals surface area contributed by atoms with E-state index < -0.39 is 0 Å². The minimum atomic E-state index is 0.394. The molecule has 5 heteroatoms. The molecule has 2 aromatic carbocycles. The lowest BCUT2D eigenvalue weighted by Crippen LogP contribution is -2.12. The summed E-state index contributed by atoms with van der Waals surface area (Å²) in [6.45, 7) is 0. The lowest BCUT2D eigenvalue weighted by molar-refractivity contribution is 1.45. The van der Waals surface area contributed by atoms with Crippen molar-refractivity contribution in [1.82, 2.24) is 0 Å². The summed E-state index contributed by atoms with van der Waals surface area (Å²) in [5.74, 6) is 0.394. The van der Waals surface area contributed by atoms with Crippen LogP contribution in [0.4, 0.5) is 5.69 Å². The maximum atomic E-state index is 5.90. The van der Waals surface area contributed by atoms with Gasteiger partial charge < -0.3 is 5.73 Å². The number of halogens is 3. The number of nitrogens with zero attached hydrogens (tertiary/aromatic N) is 1. The minimum Gasteiger partial charge on any atom is -0.383 e. The van der Waals surface area contributed by atoms with Crippen molar-refractivity contribution in [2.45, 2.75) is 0 Å². The van der Waals surface area contributed by atoms with Gasteiger partial charge in [0, 0.05) is 10.6 Å². The van der Waals surface area contributed by atoms with E-state index in [2.05, 4.69) is 4.99 Å². The molecule has 0 aliphatic rings. The summed E-state index contributed by atoms with van der Waals surface area (Å²) in [6.07, 6.45) is 0. The van der Waals surface area contributed by atoms with Gasteiger partial charge in [-0.05, 0) is 42.5 Å². The van der Waals surface area contributed by atoms with E-state index in [1.54, 1.807) is 42.5 Å². The Balaban J connectivity index is 2.32. The molecule has 0 atom stereocenters. The molecule has 2 nitrogen and oxygen atoms in total. The van der Waals surface area contributed by atoms with Crippen LogP contribution in [0.3, 0.4) is 0 Å². The van der Waals surface area contributed by atoms with E-state index in [-0.39, 0.29) is 0 Å². The number of aliphatic imine (C=N–C) groups is 1. The van der Waals surface area contributed by atoms with Crippen LogP contribution in [0.5, 0.6) is 0 Å². The van der Waals surface area contributed by atoms with Crippen LogP contribution in [-0.2, 0) is 0 Å². The second-order valence-electron chi connectivity index (χ2n) is 3.60. The number of hydrogen-bond acceptors (Lipinski definition) is 1. The van der Waals surface area contributed by atoms with Gasteiger partial charge in [-0.1, -0.05) is 34.8 Å². The second kappa shape index (κ2) is 5.61. The molecule has 2 aromatic rings. The van der Waals surface area contributed by atoms with Gasteiger partial charge >= 0.3 is 0 Å². The van der Waals surface area contributed by atoms with Crippen LogP contribution in [0.1, 0.15) is 5.56 Å². The fourth-order valence-corrected chi connectivity index (χ4v) is 1.80. The van der Waals surface area contributed by atoms with Crippen molar-refractivity contribution in [3.05, 3.63) is 63.1 Å². The average molecular weight is 300 g/mol. The van der Waals surface area contributed by atoms with Crippen molar-refractivity contribution in [2.75, 3.05) is 0 Å². The zero-order chi connectivity index (χ0) is 13.1. The third kappa shape index (κ3) is 3.16. The molecule has 2 N–H and O–H groups in total. The molecule has 0 saturated heterocycles. The lowest BCUT2D eigenvalue weighted by atomic mass is 10.2. The first-order valence-corrected chi connectivity index (χ1v) is 6.25. The number of nitrogens with two attached hydrogens (primary N) is 1. The highest BCUT2D eigenvalue weighted by Crippen LogP contribution is 2.26. The monoisotopic (exact) mass is 298 g/mol. The number of hydrogen-bond donors (Lipinski definition) is 1. The molecule has 0 aromatic heterocycles. The van der Waals surface area contributed by atoms with Gasteiger partial charge in [0.2, 0.25) is 0 Å². The van der Waals surface area contributed by atoms with Gasteiger partial charge in [-0.15, -0.1) is 0 Å². The van der Waals surface area contributed by atoms with E-state index in [1.165, 1.54) is 0 Å². The number of benzene rings is 2. The Morgan fingerprint density at radius 2 is 1.56 bits per heavy atom. The van der Waals surface area contributed by atoms with Crippen LogP contribution in [0, 0.1) is 0 Å².